The van der Waals surface area contributed by atoms with Crippen LogP contribution in [0.5, 0.6) is 0 Å². The first-order chi connectivity index (χ1) is 8.99. The zero-order chi connectivity index (χ0) is 14.0. The monoisotopic (exact) mass is 402 g/mol. The van der Waals surface area contributed by atoms with E-state index in [-0.39, 0.29) is 10.9 Å². The largest absolute Gasteiger partial charge is 0.398 e. The van der Waals surface area contributed by atoms with Crippen LogP contribution < -0.4 is 11.1 Å². The lowest BCUT2D eigenvalue weighted by molar-refractivity contribution is 0.102. The molecule has 0 atom stereocenters. The Morgan fingerprint density at radius 2 is 1.95 bits per heavy atom. The van der Waals surface area contributed by atoms with Crippen LogP contribution >= 0.6 is 43.5 Å². The van der Waals surface area contributed by atoms with Crippen LogP contribution in [0.25, 0.3) is 0 Å². The molecule has 98 valence electrons. The van der Waals surface area contributed by atoms with Gasteiger partial charge in [0.25, 0.3) is 5.91 Å². The van der Waals surface area contributed by atoms with Crippen LogP contribution in [0.1, 0.15) is 10.4 Å². The molecule has 1 amide bonds. The number of carbonyl (C=O) groups excluding carboxylic acids is 1. The second-order valence-electron chi connectivity index (χ2n) is 3.79. The lowest BCUT2D eigenvalue weighted by atomic mass is 10.2. The minimum absolute atomic E-state index is 0.256. The van der Waals surface area contributed by atoms with Gasteiger partial charge in [0.2, 0.25) is 0 Å². The highest BCUT2D eigenvalue weighted by atomic mass is 79.9. The number of nitrogens with two attached hydrogens (primary N) is 1. The van der Waals surface area contributed by atoms with Crippen molar-refractivity contribution in [1.29, 1.82) is 0 Å². The summed E-state index contributed by atoms with van der Waals surface area (Å²) < 4.78 is 1.65. The van der Waals surface area contributed by atoms with Gasteiger partial charge in [0.15, 0.2) is 0 Å². The summed E-state index contributed by atoms with van der Waals surface area (Å²) in [4.78, 5) is 12.2. The van der Waals surface area contributed by atoms with E-state index in [2.05, 4.69) is 37.2 Å². The average Bonchev–Trinajstić information content (AvgIpc) is 2.37. The van der Waals surface area contributed by atoms with E-state index in [1.165, 1.54) is 0 Å². The first-order valence-electron chi connectivity index (χ1n) is 5.29. The van der Waals surface area contributed by atoms with Gasteiger partial charge in [-0.25, -0.2) is 0 Å². The molecular formula is C13H9Br2ClN2O. The lowest BCUT2D eigenvalue weighted by Gasteiger charge is -2.10. The molecule has 0 aliphatic carbocycles. The van der Waals surface area contributed by atoms with Crippen molar-refractivity contribution in [3.05, 3.63) is 55.9 Å². The second kappa shape index (κ2) is 5.94. The quantitative estimate of drug-likeness (QED) is 0.713. The van der Waals surface area contributed by atoms with E-state index in [1.807, 2.05) is 12.1 Å². The van der Waals surface area contributed by atoms with Crippen LogP contribution in [0, 0.1) is 0 Å². The molecule has 2 rings (SSSR count). The fraction of sp³-hybridized carbons (Fsp3) is 0. The third kappa shape index (κ3) is 3.29. The first kappa shape index (κ1) is 14.4. The SMILES string of the molecule is Nc1cccc(C(=O)Nc2cc(Br)ccc2Br)c1Cl. The number of amides is 1. The fourth-order valence-electron chi connectivity index (χ4n) is 1.51. The minimum Gasteiger partial charge on any atom is -0.398 e. The summed E-state index contributed by atoms with van der Waals surface area (Å²) in [5.74, 6) is -0.309. The van der Waals surface area contributed by atoms with E-state index in [0.717, 1.165) is 8.95 Å². The number of hydrogen-bond acceptors (Lipinski definition) is 2. The van der Waals surface area contributed by atoms with Crippen molar-refractivity contribution < 1.29 is 4.79 Å². The molecule has 0 bridgehead atoms. The highest BCUT2D eigenvalue weighted by Gasteiger charge is 2.13. The number of benzene rings is 2. The van der Waals surface area contributed by atoms with Gasteiger partial charge >= 0.3 is 0 Å². The molecule has 2 aromatic rings. The standard InChI is InChI=1S/C13H9Br2ClN2O/c14-7-4-5-9(15)11(6-7)18-13(19)8-2-1-3-10(17)12(8)16/h1-6H,17H2,(H,18,19). The molecule has 3 nitrogen and oxygen atoms in total. The molecule has 0 saturated carbocycles. The molecule has 0 saturated heterocycles. The van der Waals surface area contributed by atoms with E-state index in [0.29, 0.717) is 16.9 Å². The van der Waals surface area contributed by atoms with Gasteiger partial charge in [-0.05, 0) is 46.3 Å². The smallest absolute Gasteiger partial charge is 0.257 e. The van der Waals surface area contributed by atoms with Crippen molar-refractivity contribution in [2.45, 2.75) is 0 Å². The number of halogens is 3. The summed E-state index contributed by atoms with van der Waals surface area (Å²) in [6.45, 7) is 0. The third-order valence-corrected chi connectivity index (χ3v) is 4.06. The van der Waals surface area contributed by atoms with Gasteiger partial charge in [-0.15, -0.1) is 0 Å². The van der Waals surface area contributed by atoms with Gasteiger partial charge in [0.05, 0.1) is 22.0 Å². The molecule has 0 radical (unpaired) electrons. The first-order valence-corrected chi connectivity index (χ1v) is 7.26. The molecule has 6 heteroatoms. The number of nitrogens with one attached hydrogen (secondary N) is 1. The summed E-state index contributed by atoms with van der Waals surface area (Å²) in [5, 5.41) is 3.04. The zero-order valence-corrected chi connectivity index (χ0v) is 13.5. The second-order valence-corrected chi connectivity index (χ2v) is 5.94. The minimum atomic E-state index is -0.309. The Kier molecular flexibility index (Phi) is 4.50. The van der Waals surface area contributed by atoms with Crippen LogP contribution in [0.4, 0.5) is 11.4 Å². The topological polar surface area (TPSA) is 55.1 Å². The Bertz CT molecular complexity index is 647. The molecule has 0 fully saturated rings. The number of nitrogen functional groups attached to an aromatic ring is 1. The number of carbonyl (C=O) groups is 1. The highest BCUT2D eigenvalue weighted by Crippen LogP contribution is 2.28. The Labute approximate surface area is 132 Å². The van der Waals surface area contributed by atoms with Gasteiger partial charge < -0.3 is 11.1 Å². The van der Waals surface area contributed by atoms with E-state index < -0.39 is 0 Å². The van der Waals surface area contributed by atoms with Gasteiger partial charge in [-0.3, -0.25) is 4.79 Å². The van der Waals surface area contributed by atoms with Gasteiger partial charge in [0, 0.05) is 8.95 Å². The molecule has 0 aliphatic rings. The maximum Gasteiger partial charge on any atom is 0.257 e. The Morgan fingerprint density at radius 1 is 1.21 bits per heavy atom. The molecule has 0 unspecified atom stereocenters. The summed E-state index contributed by atoms with van der Waals surface area (Å²) in [7, 11) is 0. The van der Waals surface area contributed by atoms with Crippen molar-refractivity contribution in [1.82, 2.24) is 0 Å². The maximum absolute atomic E-state index is 12.2. The Morgan fingerprint density at radius 3 is 2.68 bits per heavy atom. The van der Waals surface area contributed by atoms with E-state index in [9.17, 15) is 4.79 Å². The Balaban J connectivity index is 2.31. The number of rotatable bonds is 2. The molecule has 19 heavy (non-hydrogen) atoms. The van der Waals surface area contributed by atoms with Crippen molar-refractivity contribution in [2.24, 2.45) is 0 Å². The number of anilines is 2. The van der Waals surface area contributed by atoms with Crippen LogP contribution in [0.15, 0.2) is 45.3 Å². The molecule has 3 N–H and O–H groups in total. The average molecular weight is 404 g/mol. The van der Waals surface area contributed by atoms with Crippen molar-refractivity contribution in [2.75, 3.05) is 11.1 Å². The molecule has 0 heterocycles. The van der Waals surface area contributed by atoms with Crippen LogP contribution in [0.2, 0.25) is 5.02 Å². The zero-order valence-electron chi connectivity index (χ0n) is 9.58. The predicted octanol–water partition coefficient (Wildman–Crippen LogP) is 4.70. The van der Waals surface area contributed by atoms with E-state index in [4.69, 9.17) is 17.3 Å². The Hall–Kier alpha value is -1.04. The van der Waals surface area contributed by atoms with E-state index in [1.54, 1.807) is 24.3 Å². The molecular weight excluding hydrogens is 395 g/mol. The van der Waals surface area contributed by atoms with Crippen molar-refractivity contribution in [3.63, 3.8) is 0 Å². The lowest BCUT2D eigenvalue weighted by Crippen LogP contribution is -2.13. The summed E-state index contributed by atoms with van der Waals surface area (Å²) in [6.07, 6.45) is 0. The number of hydrogen-bond donors (Lipinski definition) is 2. The molecule has 2 aromatic carbocycles. The fourth-order valence-corrected chi connectivity index (χ4v) is 2.43. The van der Waals surface area contributed by atoms with Crippen LogP contribution in [-0.2, 0) is 0 Å². The van der Waals surface area contributed by atoms with E-state index >= 15 is 0 Å². The van der Waals surface area contributed by atoms with Crippen LogP contribution in [-0.4, -0.2) is 5.91 Å². The summed E-state index contributed by atoms with van der Waals surface area (Å²) in [6, 6.07) is 10.5. The molecule has 0 aromatic heterocycles. The predicted molar refractivity (Wildman–Crippen MR) is 85.7 cm³/mol. The normalized spacial score (nSPS) is 10.3. The molecule has 0 spiro atoms. The maximum atomic E-state index is 12.2. The van der Waals surface area contributed by atoms with Gasteiger partial charge in [-0.1, -0.05) is 33.6 Å². The van der Waals surface area contributed by atoms with Crippen molar-refractivity contribution >= 4 is 60.7 Å². The van der Waals surface area contributed by atoms with Crippen molar-refractivity contribution in [3.8, 4) is 0 Å². The molecule has 0 aliphatic heterocycles. The van der Waals surface area contributed by atoms with Gasteiger partial charge in [0.1, 0.15) is 0 Å². The summed E-state index contributed by atoms with van der Waals surface area (Å²) >= 11 is 12.7. The van der Waals surface area contributed by atoms with Crippen LogP contribution in [0.3, 0.4) is 0 Å². The van der Waals surface area contributed by atoms with Gasteiger partial charge in [-0.2, -0.15) is 0 Å². The summed E-state index contributed by atoms with van der Waals surface area (Å²) in [5.41, 5.74) is 7.05. The highest BCUT2D eigenvalue weighted by molar-refractivity contribution is 9.11. The third-order valence-electron chi connectivity index (χ3n) is 2.45.